The zero-order valence-corrected chi connectivity index (χ0v) is 10.2. The number of aromatic amines is 1. The Bertz CT molecular complexity index is 456. The van der Waals surface area contributed by atoms with Gasteiger partial charge in [-0.2, -0.15) is 13.1 Å². The van der Waals surface area contributed by atoms with E-state index in [4.69, 9.17) is 0 Å². The highest BCUT2D eigenvalue weighted by Crippen LogP contribution is 2.05. The van der Waals surface area contributed by atoms with E-state index in [1.165, 1.54) is 6.20 Å². The van der Waals surface area contributed by atoms with Crippen LogP contribution < -0.4 is 9.44 Å². The lowest BCUT2D eigenvalue weighted by Crippen LogP contribution is -2.41. The van der Waals surface area contributed by atoms with Crippen LogP contribution >= 0.6 is 0 Å². The second-order valence-electron chi connectivity index (χ2n) is 3.14. The van der Waals surface area contributed by atoms with Crippen molar-refractivity contribution in [3.63, 3.8) is 0 Å². The first-order valence-electron chi connectivity index (χ1n) is 4.90. The molecule has 0 aliphatic rings. The van der Waals surface area contributed by atoms with Gasteiger partial charge >= 0.3 is 16.3 Å². The second-order valence-corrected chi connectivity index (χ2v) is 4.59. The van der Waals surface area contributed by atoms with Crippen molar-refractivity contribution in [2.45, 2.75) is 19.9 Å². The van der Waals surface area contributed by atoms with Crippen LogP contribution in [0, 0.1) is 0 Å². The third kappa shape index (κ3) is 4.41. The quantitative estimate of drug-likeness (QED) is 0.694. The number of carbonyl (C=O) groups is 1. The van der Waals surface area contributed by atoms with Crippen LogP contribution in [-0.4, -0.2) is 31.1 Å². The number of aromatic nitrogens is 2. The molecule has 0 radical (unpaired) electrons. The smallest absolute Gasteiger partial charge is 0.421 e. The van der Waals surface area contributed by atoms with Crippen molar-refractivity contribution in [2.24, 2.45) is 0 Å². The van der Waals surface area contributed by atoms with Crippen LogP contribution in [0.1, 0.15) is 25.7 Å². The van der Waals surface area contributed by atoms with Gasteiger partial charge in [-0.3, -0.25) is 0 Å². The van der Waals surface area contributed by atoms with E-state index in [1.807, 2.05) is 0 Å². The molecule has 1 amide bonds. The number of imidazole rings is 1. The summed E-state index contributed by atoms with van der Waals surface area (Å²) in [6.07, 6.45) is 2.05. The Morgan fingerprint density at radius 2 is 2.35 bits per heavy atom. The third-order valence-electron chi connectivity index (χ3n) is 1.75. The van der Waals surface area contributed by atoms with E-state index < -0.39 is 22.3 Å². The minimum Gasteiger partial charge on any atom is -0.449 e. The van der Waals surface area contributed by atoms with Crippen LogP contribution in [0.4, 0.5) is 4.79 Å². The predicted octanol–water partition coefficient (Wildman–Crippen LogP) is 0.0512. The Labute approximate surface area is 99.0 Å². The molecule has 1 atom stereocenters. The lowest BCUT2D eigenvalue weighted by molar-refractivity contribution is 0.158. The summed E-state index contributed by atoms with van der Waals surface area (Å²) in [5.74, 6) is 0.444. The van der Waals surface area contributed by atoms with Gasteiger partial charge in [0.15, 0.2) is 0 Å². The Hall–Kier alpha value is -1.61. The zero-order valence-electron chi connectivity index (χ0n) is 9.43. The van der Waals surface area contributed by atoms with Crippen LogP contribution in [0.25, 0.3) is 0 Å². The molecule has 1 rings (SSSR count). The fourth-order valence-electron chi connectivity index (χ4n) is 1.10. The maximum Gasteiger partial charge on any atom is 0.421 e. The molecule has 1 heterocycles. The van der Waals surface area contributed by atoms with E-state index in [9.17, 15) is 13.2 Å². The molecule has 17 heavy (non-hydrogen) atoms. The number of rotatable bonds is 5. The number of nitrogens with zero attached hydrogens (tertiary/aromatic N) is 1. The number of hydrogen-bond acceptors (Lipinski definition) is 5. The molecule has 0 saturated carbocycles. The molecular weight excluding hydrogens is 248 g/mol. The Kier molecular flexibility index (Phi) is 4.46. The van der Waals surface area contributed by atoms with Gasteiger partial charge in [-0.15, -0.1) is 0 Å². The molecule has 0 spiro atoms. The van der Waals surface area contributed by atoms with Gasteiger partial charge in [0.25, 0.3) is 0 Å². The monoisotopic (exact) mass is 262 g/mol. The van der Waals surface area contributed by atoms with Gasteiger partial charge in [0, 0.05) is 12.4 Å². The lowest BCUT2D eigenvalue weighted by Gasteiger charge is -2.12. The largest absolute Gasteiger partial charge is 0.449 e. The Morgan fingerprint density at radius 1 is 1.65 bits per heavy atom. The van der Waals surface area contributed by atoms with Crippen molar-refractivity contribution in [1.82, 2.24) is 19.4 Å². The van der Waals surface area contributed by atoms with Crippen molar-refractivity contribution >= 4 is 16.3 Å². The highest BCUT2D eigenvalue weighted by Gasteiger charge is 2.19. The fraction of sp³-hybridized carbons (Fsp3) is 0.500. The number of amides is 1. The molecule has 1 aromatic heterocycles. The lowest BCUT2D eigenvalue weighted by atomic mass is 10.3. The maximum absolute atomic E-state index is 11.5. The van der Waals surface area contributed by atoms with Crippen LogP contribution in [0.2, 0.25) is 0 Å². The van der Waals surface area contributed by atoms with E-state index in [2.05, 4.69) is 19.4 Å². The molecule has 0 saturated heterocycles. The van der Waals surface area contributed by atoms with E-state index in [0.29, 0.717) is 5.82 Å². The molecule has 0 fully saturated rings. The molecule has 1 unspecified atom stereocenters. The van der Waals surface area contributed by atoms with Crippen molar-refractivity contribution in [2.75, 3.05) is 6.61 Å². The van der Waals surface area contributed by atoms with Crippen LogP contribution in [0.3, 0.4) is 0 Å². The van der Waals surface area contributed by atoms with Crippen molar-refractivity contribution in [1.29, 1.82) is 0 Å². The van der Waals surface area contributed by atoms with E-state index in [1.54, 1.807) is 24.8 Å². The zero-order chi connectivity index (χ0) is 12.9. The number of ether oxygens (including phenoxy) is 1. The molecule has 0 aliphatic carbocycles. The summed E-state index contributed by atoms with van der Waals surface area (Å²) in [5.41, 5.74) is 0. The summed E-state index contributed by atoms with van der Waals surface area (Å²) in [5, 5.41) is 0. The minimum atomic E-state index is -3.96. The van der Waals surface area contributed by atoms with E-state index in [-0.39, 0.29) is 6.61 Å². The topological polar surface area (TPSA) is 113 Å². The highest BCUT2D eigenvalue weighted by molar-refractivity contribution is 7.88. The fourth-order valence-corrected chi connectivity index (χ4v) is 2.02. The maximum atomic E-state index is 11.5. The molecule has 0 aliphatic heterocycles. The van der Waals surface area contributed by atoms with Crippen molar-refractivity contribution in [3.05, 3.63) is 18.2 Å². The highest BCUT2D eigenvalue weighted by atomic mass is 32.2. The molecular formula is C8H14N4O4S. The summed E-state index contributed by atoms with van der Waals surface area (Å²) in [4.78, 5) is 17.6. The van der Waals surface area contributed by atoms with Gasteiger partial charge in [-0.05, 0) is 13.8 Å². The van der Waals surface area contributed by atoms with Gasteiger partial charge in [-0.25, -0.2) is 14.5 Å². The van der Waals surface area contributed by atoms with Crippen LogP contribution in [-0.2, 0) is 14.9 Å². The van der Waals surface area contributed by atoms with Gasteiger partial charge in [0.2, 0.25) is 0 Å². The molecule has 0 aromatic carbocycles. The molecule has 3 N–H and O–H groups in total. The Morgan fingerprint density at radius 3 is 2.88 bits per heavy atom. The van der Waals surface area contributed by atoms with Crippen molar-refractivity contribution in [3.8, 4) is 0 Å². The minimum absolute atomic E-state index is 0.0924. The van der Waals surface area contributed by atoms with Crippen molar-refractivity contribution < 1.29 is 17.9 Å². The standard InChI is InChI=1S/C8H14N4O4S/c1-3-16-8(13)12-17(14,15)11-6(2)7-9-4-5-10-7/h4-6,11H,3H2,1-2H3,(H,9,10)(H,12,13). The number of hydrogen-bond donors (Lipinski definition) is 3. The molecule has 0 bridgehead atoms. The molecule has 96 valence electrons. The summed E-state index contributed by atoms with van der Waals surface area (Å²) < 4.78 is 31.3. The normalized spacial score (nSPS) is 13.1. The summed E-state index contributed by atoms with van der Waals surface area (Å²) in [7, 11) is -3.96. The molecule has 8 nitrogen and oxygen atoms in total. The number of H-pyrrole nitrogens is 1. The van der Waals surface area contributed by atoms with Gasteiger partial charge in [-0.1, -0.05) is 0 Å². The van der Waals surface area contributed by atoms with Crippen LogP contribution in [0.15, 0.2) is 12.4 Å². The number of carbonyl (C=O) groups excluding carboxylic acids is 1. The first-order chi connectivity index (χ1) is 7.94. The third-order valence-corrected chi connectivity index (χ3v) is 2.85. The van der Waals surface area contributed by atoms with Gasteiger partial charge in [0.05, 0.1) is 12.6 Å². The van der Waals surface area contributed by atoms with E-state index in [0.717, 1.165) is 0 Å². The SMILES string of the molecule is CCOC(=O)NS(=O)(=O)NC(C)c1ncc[nH]1. The average Bonchev–Trinajstić information content (AvgIpc) is 2.68. The summed E-state index contributed by atoms with van der Waals surface area (Å²) in [6, 6.07) is -0.586. The van der Waals surface area contributed by atoms with Crippen LogP contribution in [0.5, 0.6) is 0 Å². The molecule has 9 heteroatoms. The Balaban J connectivity index is 2.58. The first kappa shape index (κ1) is 13.5. The molecule has 1 aromatic rings. The van der Waals surface area contributed by atoms with Gasteiger partial charge < -0.3 is 9.72 Å². The van der Waals surface area contributed by atoms with Gasteiger partial charge in [0.1, 0.15) is 5.82 Å². The van der Waals surface area contributed by atoms with E-state index >= 15 is 0 Å². The second kappa shape index (κ2) is 5.64. The first-order valence-corrected chi connectivity index (χ1v) is 6.39. The number of nitrogens with one attached hydrogen (secondary N) is 3. The summed E-state index contributed by atoms with van der Waals surface area (Å²) >= 11 is 0. The predicted molar refractivity (Wildman–Crippen MR) is 59.2 cm³/mol. The summed E-state index contributed by atoms with van der Waals surface area (Å²) in [6.45, 7) is 3.25. The average molecular weight is 262 g/mol.